The minimum absolute atomic E-state index is 0.0758. The Morgan fingerprint density at radius 3 is 2.10 bits per heavy atom. The molecule has 1 heterocycles. The minimum Gasteiger partial charge on any atom is -0.383 e. The van der Waals surface area contributed by atoms with Crippen LogP contribution in [-0.4, -0.2) is 73.6 Å². The van der Waals surface area contributed by atoms with Gasteiger partial charge in [-0.25, -0.2) is 0 Å². The zero-order chi connectivity index (χ0) is 22.1. The monoisotopic (exact) mass is 419 g/mol. The molecule has 1 aliphatic heterocycles. The molecule has 0 spiro atoms. The first-order valence-corrected chi connectivity index (χ1v) is 10.0. The van der Waals surface area contributed by atoms with Gasteiger partial charge in [0.25, 0.3) is 17.5 Å². The van der Waals surface area contributed by atoms with Crippen LogP contribution in [0.3, 0.4) is 0 Å². The molecule has 0 aromatic heterocycles. The van der Waals surface area contributed by atoms with E-state index in [2.05, 4.69) is 6.92 Å². The Kier molecular flexibility index (Phi) is 8.94. The molecular weight excluding hydrogens is 390 g/mol. The molecule has 0 saturated carbocycles. The number of nitrogens with zero attached hydrogens (tertiary/aromatic N) is 3. The zero-order valence-electron chi connectivity index (χ0n) is 17.8. The number of rotatable bonds is 13. The smallest absolute Gasteiger partial charge is 0.277 e. The van der Waals surface area contributed by atoms with E-state index in [0.29, 0.717) is 44.1 Å². The Bertz CT molecular complexity index is 782. The van der Waals surface area contributed by atoms with Gasteiger partial charge < -0.3 is 14.4 Å². The van der Waals surface area contributed by atoms with Crippen LogP contribution in [0.1, 0.15) is 31.7 Å². The third-order valence-electron chi connectivity index (χ3n) is 4.94. The van der Waals surface area contributed by atoms with Crippen LogP contribution in [0.4, 0.5) is 5.69 Å². The van der Waals surface area contributed by atoms with Crippen molar-refractivity contribution < 1.29 is 24.0 Å². The Hall–Kier alpha value is -2.78. The minimum atomic E-state index is -0.499. The number of hydrogen-bond acceptors (Lipinski definition) is 7. The van der Waals surface area contributed by atoms with Crippen LogP contribution in [0.2, 0.25) is 0 Å². The quantitative estimate of drug-likeness (QED) is 0.209. The predicted octanol–water partition coefficient (Wildman–Crippen LogP) is 2.46. The van der Waals surface area contributed by atoms with Gasteiger partial charge in [0.05, 0.1) is 23.7 Å². The Balaban J connectivity index is 2.48. The van der Waals surface area contributed by atoms with Crippen molar-refractivity contribution in [3.05, 3.63) is 45.6 Å². The maximum Gasteiger partial charge on any atom is 0.277 e. The molecule has 9 nitrogen and oxygen atoms in total. The molecule has 164 valence electrons. The highest BCUT2D eigenvalue weighted by atomic mass is 16.6. The SMILES string of the molecule is CCCCCN1C(=O)C(c2ccc([N+](=O)[O-])cc2)=C(N(CCOC)CCOC)C1=O. The number of amides is 2. The number of ether oxygens (including phenoxy) is 2. The number of nitro groups is 1. The molecule has 0 bridgehead atoms. The van der Waals surface area contributed by atoms with Gasteiger partial charge in [0.15, 0.2) is 0 Å². The maximum absolute atomic E-state index is 13.3. The summed E-state index contributed by atoms with van der Waals surface area (Å²) in [4.78, 5) is 40.0. The second kappa shape index (κ2) is 11.4. The fraction of sp³-hybridized carbons (Fsp3) is 0.524. The van der Waals surface area contributed by atoms with Crippen molar-refractivity contribution in [2.24, 2.45) is 0 Å². The summed E-state index contributed by atoms with van der Waals surface area (Å²) in [5.41, 5.74) is 0.956. The van der Waals surface area contributed by atoms with Gasteiger partial charge in [-0.05, 0) is 24.1 Å². The summed E-state index contributed by atoms with van der Waals surface area (Å²) < 4.78 is 10.3. The molecule has 0 saturated heterocycles. The maximum atomic E-state index is 13.3. The number of benzene rings is 1. The van der Waals surface area contributed by atoms with Gasteiger partial charge in [0.2, 0.25) is 0 Å². The number of carbonyl (C=O) groups is 2. The average molecular weight is 419 g/mol. The van der Waals surface area contributed by atoms with E-state index >= 15 is 0 Å². The van der Waals surface area contributed by atoms with Gasteiger partial charge >= 0.3 is 0 Å². The number of nitro benzene ring substituents is 1. The van der Waals surface area contributed by atoms with Crippen molar-refractivity contribution in [2.45, 2.75) is 26.2 Å². The van der Waals surface area contributed by atoms with Crippen molar-refractivity contribution in [1.82, 2.24) is 9.80 Å². The summed E-state index contributed by atoms with van der Waals surface area (Å²) in [6.07, 6.45) is 2.61. The predicted molar refractivity (Wildman–Crippen MR) is 112 cm³/mol. The summed E-state index contributed by atoms with van der Waals surface area (Å²) >= 11 is 0. The summed E-state index contributed by atoms with van der Waals surface area (Å²) in [6, 6.07) is 5.70. The molecule has 0 fully saturated rings. The van der Waals surface area contributed by atoms with E-state index in [-0.39, 0.29) is 23.1 Å². The molecule has 0 atom stereocenters. The Morgan fingerprint density at radius 1 is 1.00 bits per heavy atom. The Morgan fingerprint density at radius 2 is 1.60 bits per heavy atom. The molecule has 2 amide bonds. The topological polar surface area (TPSA) is 102 Å². The molecule has 0 aliphatic carbocycles. The summed E-state index contributed by atoms with van der Waals surface area (Å²) in [5.74, 6) is -0.726. The van der Waals surface area contributed by atoms with Gasteiger partial charge in [-0.15, -0.1) is 0 Å². The summed E-state index contributed by atoms with van der Waals surface area (Å²) in [6.45, 7) is 3.96. The molecule has 1 aromatic carbocycles. The van der Waals surface area contributed by atoms with Crippen LogP contribution < -0.4 is 0 Å². The standard InChI is InChI=1S/C21H29N3O6/c1-4-5-6-11-23-20(25)18(16-7-9-17(10-8-16)24(27)28)19(21(23)26)22(12-14-29-2)13-15-30-3/h7-10H,4-6,11-15H2,1-3H3. The molecule has 30 heavy (non-hydrogen) atoms. The zero-order valence-corrected chi connectivity index (χ0v) is 17.8. The van der Waals surface area contributed by atoms with Crippen LogP contribution in [-0.2, 0) is 19.1 Å². The molecule has 0 unspecified atom stereocenters. The first-order chi connectivity index (χ1) is 14.5. The van der Waals surface area contributed by atoms with Crippen LogP contribution in [0.25, 0.3) is 5.57 Å². The molecule has 1 aliphatic rings. The lowest BCUT2D eigenvalue weighted by atomic mass is 10.0. The lowest BCUT2D eigenvalue weighted by molar-refractivity contribution is -0.384. The second-order valence-electron chi connectivity index (χ2n) is 6.97. The van der Waals surface area contributed by atoms with E-state index in [4.69, 9.17) is 9.47 Å². The van der Waals surface area contributed by atoms with Gasteiger partial charge in [-0.3, -0.25) is 24.6 Å². The van der Waals surface area contributed by atoms with Crippen molar-refractivity contribution in [1.29, 1.82) is 0 Å². The van der Waals surface area contributed by atoms with Crippen LogP contribution in [0.5, 0.6) is 0 Å². The highest BCUT2D eigenvalue weighted by Crippen LogP contribution is 2.32. The van der Waals surface area contributed by atoms with Gasteiger partial charge in [-0.1, -0.05) is 19.8 Å². The van der Waals surface area contributed by atoms with Gasteiger partial charge in [0.1, 0.15) is 5.70 Å². The van der Waals surface area contributed by atoms with Crippen LogP contribution in [0.15, 0.2) is 30.0 Å². The summed E-state index contributed by atoms with van der Waals surface area (Å²) in [5, 5.41) is 11.0. The highest BCUT2D eigenvalue weighted by Gasteiger charge is 2.41. The number of non-ortho nitro benzene ring substituents is 1. The van der Waals surface area contributed by atoms with Gasteiger partial charge in [-0.2, -0.15) is 0 Å². The lowest BCUT2D eigenvalue weighted by Crippen LogP contribution is -2.38. The second-order valence-corrected chi connectivity index (χ2v) is 6.97. The lowest BCUT2D eigenvalue weighted by Gasteiger charge is -2.25. The van der Waals surface area contributed by atoms with Crippen LogP contribution >= 0.6 is 0 Å². The molecule has 1 aromatic rings. The molecule has 9 heteroatoms. The fourth-order valence-corrected chi connectivity index (χ4v) is 3.33. The number of methoxy groups -OCH3 is 2. The number of imide groups is 1. The largest absolute Gasteiger partial charge is 0.383 e. The molecule has 2 rings (SSSR count). The van der Waals surface area contributed by atoms with E-state index in [1.165, 1.54) is 29.2 Å². The van der Waals surface area contributed by atoms with Crippen molar-refractivity contribution in [3.63, 3.8) is 0 Å². The van der Waals surface area contributed by atoms with E-state index in [1.54, 1.807) is 19.1 Å². The average Bonchev–Trinajstić information content (AvgIpc) is 2.99. The third kappa shape index (κ3) is 5.43. The van der Waals surface area contributed by atoms with E-state index < -0.39 is 4.92 Å². The van der Waals surface area contributed by atoms with E-state index in [1.807, 2.05) is 0 Å². The van der Waals surface area contributed by atoms with Crippen molar-refractivity contribution in [2.75, 3.05) is 47.1 Å². The third-order valence-corrected chi connectivity index (χ3v) is 4.94. The van der Waals surface area contributed by atoms with E-state index in [9.17, 15) is 19.7 Å². The number of carbonyl (C=O) groups excluding carboxylic acids is 2. The first kappa shape index (κ1) is 23.5. The van der Waals surface area contributed by atoms with E-state index in [0.717, 1.165) is 19.3 Å². The molecule has 0 radical (unpaired) electrons. The normalized spacial score (nSPS) is 14.0. The fourth-order valence-electron chi connectivity index (χ4n) is 3.33. The summed E-state index contributed by atoms with van der Waals surface area (Å²) in [7, 11) is 3.14. The number of unbranched alkanes of at least 4 members (excludes halogenated alkanes) is 2. The van der Waals surface area contributed by atoms with Crippen LogP contribution in [0, 0.1) is 10.1 Å². The van der Waals surface area contributed by atoms with Gasteiger partial charge in [0, 0.05) is 46.0 Å². The van der Waals surface area contributed by atoms with Crippen molar-refractivity contribution in [3.8, 4) is 0 Å². The van der Waals surface area contributed by atoms with Crippen molar-refractivity contribution >= 4 is 23.1 Å². The molecular formula is C21H29N3O6. The Labute approximate surface area is 176 Å². The molecule has 0 N–H and O–H groups in total. The first-order valence-electron chi connectivity index (χ1n) is 10.0. The highest BCUT2D eigenvalue weighted by molar-refractivity contribution is 6.35. The number of hydrogen-bond donors (Lipinski definition) is 0.